The summed E-state index contributed by atoms with van der Waals surface area (Å²) in [6.07, 6.45) is 0. The lowest BCUT2D eigenvalue weighted by molar-refractivity contribution is 0.0629. The van der Waals surface area contributed by atoms with Gasteiger partial charge in [0, 0.05) is 4.47 Å². The molecule has 1 N–H and O–H groups in total. The van der Waals surface area contributed by atoms with Crippen LogP contribution in [0.2, 0.25) is 0 Å². The van der Waals surface area contributed by atoms with E-state index in [0.717, 1.165) is 10.2 Å². The third-order valence-corrected chi connectivity index (χ3v) is 4.45. The zero-order valence-corrected chi connectivity index (χ0v) is 14.9. The van der Waals surface area contributed by atoms with Crippen LogP contribution in [0.4, 0.5) is 5.69 Å². The van der Waals surface area contributed by atoms with E-state index in [-0.39, 0.29) is 30.1 Å². The molecule has 5 nitrogen and oxygen atoms in total. The van der Waals surface area contributed by atoms with Crippen molar-refractivity contribution in [3.8, 4) is 0 Å². The van der Waals surface area contributed by atoms with Gasteiger partial charge in [0.15, 0.2) is 0 Å². The van der Waals surface area contributed by atoms with E-state index in [1.807, 2.05) is 24.3 Å². The van der Waals surface area contributed by atoms with Gasteiger partial charge in [0.25, 0.3) is 17.0 Å². The number of amides is 2. The van der Waals surface area contributed by atoms with Gasteiger partial charge < -0.3 is 10.1 Å². The molecule has 0 radical (unpaired) electrons. The second kappa shape index (κ2) is 7.11. The van der Waals surface area contributed by atoms with E-state index < -0.39 is 0 Å². The van der Waals surface area contributed by atoms with Crippen molar-refractivity contribution in [2.45, 2.75) is 0 Å². The zero-order chi connectivity index (χ0) is 17.1. The number of anilines is 1. The minimum atomic E-state index is -0.302. The summed E-state index contributed by atoms with van der Waals surface area (Å²) in [5.74, 6) is -0.604. The predicted molar refractivity (Wildman–Crippen MR) is 98.1 cm³/mol. The number of fused-ring (bicyclic) bond motifs is 1. The van der Waals surface area contributed by atoms with Crippen LogP contribution in [0.25, 0.3) is 0 Å². The highest BCUT2D eigenvalue weighted by Gasteiger charge is 2.34. The van der Waals surface area contributed by atoms with Gasteiger partial charge in [0.05, 0.1) is 23.4 Å². The fraction of sp³-hybridized carbons (Fsp3) is 0.118. The number of hydrogen-bond acceptors (Lipinski definition) is 4. The Hall–Kier alpha value is -2.25. The summed E-state index contributed by atoms with van der Waals surface area (Å²) in [6, 6.07) is 14.3. The number of halogens is 1. The molecule has 24 heavy (non-hydrogen) atoms. The number of carbonyl (C=O) groups excluding carboxylic acids is 2. The van der Waals surface area contributed by atoms with Crippen LogP contribution in [-0.4, -0.2) is 35.0 Å². The van der Waals surface area contributed by atoms with Crippen LogP contribution >= 0.6 is 28.1 Å². The van der Waals surface area contributed by atoms with Crippen molar-refractivity contribution in [1.29, 1.82) is 0 Å². The molecule has 2 aromatic carbocycles. The van der Waals surface area contributed by atoms with Gasteiger partial charge in [-0.15, -0.1) is 0 Å². The fourth-order valence-corrected chi connectivity index (χ4v) is 2.96. The van der Waals surface area contributed by atoms with Crippen molar-refractivity contribution in [1.82, 2.24) is 4.90 Å². The molecule has 122 valence electrons. The number of thiocarbonyl (C=S) groups is 1. The third-order valence-electron chi connectivity index (χ3n) is 3.54. The average molecular weight is 405 g/mol. The van der Waals surface area contributed by atoms with Crippen molar-refractivity contribution in [2.24, 2.45) is 0 Å². The molecule has 0 fully saturated rings. The van der Waals surface area contributed by atoms with Crippen LogP contribution in [0, 0.1) is 0 Å². The van der Waals surface area contributed by atoms with Gasteiger partial charge in [0.1, 0.15) is 6.61 Å². The summed E-state index contributed by atoms with van der Waals surface area (Å²) in [5, 5.41) is 3.13. The molecule has 7 heteroatoms. The Morgan fingerprint density at radius 3 is 2.25 bits per heavy atom. The first-order valence-corrected chi connectivity index (χ1v) is 8.41. The molecule has 0 atom stereocenters. The molecule has 1 aliphatic rings. The molecular weight excluding hydrogens is 392 g/mol. The number of imide groups is 1. The lowest BCUT2D eigenvalue weighted by Gasteiger charge is -2.15. The molecule has 0 saturated carbocycles. The first kappa shape index (κ1) is 16.6. The van der Waals surface area contributed by atoms with E-state index in [0.29, 0.717) is 11.1 Å². The van der Waals surface area contributed by atoms with Gasteiger partial charge >= 0.3 is 0 Å². The third kappa shape index (κ3) is 3.32. The van der Waals surface area contributed by atoms with Gasteiger partial charge in [0.2, 0.25) is 0 Å². The number of hydrogen-bond donors (Lipinski definition) is 1. The van der Waals surface area contributed by atoms with E-state index in [1.54, 1.807) is 24.3 Å². The molecule has 0 spiro atoms. The number of rotatable bonds is 4. The summed E-state index contributed by atoms with van der Waals surface area (Å²) in [6.45, 7) is 0.270. The van der Waals surface area contributed by atoms with Gasteiger partial charge in [-0.1, -0.05) is 24.3 Å². The largest absolute Gasteiger partial charge is 0.469 e. The number of para-hydroxylation sites is 1. The lowest BCUT2D eigenvalue weighted by atomic mass is 10.1. The Morgan fingerprint density at radius 1 is 1.04 bits per heavy atom. The highest BCUT2D eigenvalue weighted by atomic mass is 79.9. The van der Waals surface area contributed by atoms with Crippen LogP contribution in [0.1, 0.15) is 20.7 Å². The molecule has 0 aliphatic carbocycles. The smallest absolute Gasteiger partial charge is 0.261 e. The van der Waals surface area contributed by atoms with E-state index in [2.05, 4.69) is 21.2 Å². The Bertz CT molecular complexity index is 790. The van der Waals surface area contributed by atoms with E-state index in [4.69, 9.17) is 17.0 Å². The van der Waals surface area contributed by atoms with Gasteiger partial charge in [-0.2, -0.15) is 0 Å². The number of ether oxygens (including phenoxy) is 1. The van der Waals surface area contributed by atoms with E-state index in [9.17, 15) is 9.59 Å². The van der Waals surface area contributed by atoms with Crippen molar-refractivity contribution in [3.05, 3.63) is 64.1 Å². The molecule has 2 aromatic rings. The summed E-state index contributed by atoms with van der Waals surface area (Å²) in [7, 11) is 0. The monoisotopic (exact) mass is 404 g/mol. The molecule has 0 saturated heterocycles. The lowest BCUT2D eigenvalue weighted by Crippen LogP contribution is -2.33. The summed E-state index contributed by atoms with van der Waals surface area (Å²) in [4.78, 5) is 25.6. The number of nitrogens with one attached hydrogen (secondary N) is 1. The Morgan fingerprint density at radius 2 is 1.62 bits per heavy atom. The van der Waals surface area contributed by atoms with Crippen LogP contribution < -0.4 is 5.32 Å². The fourth-order valence-electron chi connectivity index (χ4n) is 2.38. The molecule has 0 bridgehead atoms. The van der Waals surface area contributed by atoms with Crippen molar-refractivity contribution < 1.29 is 14.3 Å². The molecule has 1 aliphatic heterocycles. The highest BCUT2D eigenvalue weighted by molar-refractivity contribution is 9.10. The predicted octanol–water partition coefficient (Wildman–Crippen LogP) is 3.46. The Kier molecular flexibility index (Phi) is 4.92. The van der Waals surface area contributed by atoms with Crippen molar-refractivity contribution >= 4 is 50.8 Å². The van der Waals surface area contributed by atoms with Crippen LogP contribution in [-0.2, 0) is 4.74 Å². The molecule has 1 heterocycles. The van der Waals surface area contributed by atoms with Crippen molar-refractivity contribution in [2.75, 3.05) is 18.5 Å². The van der Waals surface area contributed by atoms with Gasteiger partial charge in [-0.05, 0) is 52.4 Å². The normalized spacial score (nSPS) is 13.0. The number of nitrogens with zero attached hydrogens (tertiary/aromatic N) is 1. The zero-order valence-electron chi connectivity index (χ0n) is 12.5. The maximum absolute atomic E-state index is 12.2. The van der Waals surface area contributed by atoms with Gasteiger partial charge in [-0.25, -0.2) is 0 Å². The summed E-state index contributed by atoms with van der Waals surface area (Å²) >= 11 is 8.53. The van der Waals surface area contributed by atoms with Crippen molar-refractivity contribution in [3.63, 3.8) is 0 Å². The quantitative estimate of drug-likeness (QED) is 0.624. The molecule has 0 aromatic heterocycles. The SMILES string of the molecule is O=C1c2ccccc2C(=O)N1CCOC(=S)Nc1ccccc1Br. The number of carbonyl (C=O) groups is 2. The molecule has 2 amide bonds. The minimum absolute atomic E-state index is 0.127. The maximum atomic E-state index is 12.2. The second-order valence-electron chi connectivity index (χ2n) is 5.05. The van der Waals surface area contributed by atoms with E-state index >= 15 is 0 Å². The van der Waals surface area contributed by atoms with Crippen LogP contribution in [0.15, 0.2) is 53.0 Å². The maximum Gasteiger partial charge on any atom is 0.261 e. The van der Waals surface area contributed by atoms with E-state index in [1.165, 1.54) is 4.90 Å². The standard InChI is InChI=1S/C17H13BrN2O3S/c18-13-7-3-4-8-14(13)19-17(24)23-10-9-20-15(21)11-5-1-2-6-12(11)16(20)22/h1-8H,9-10H2,(H,19,24). The van der Waals surface area contributed by atoms with Crippen LogP contribution in [0.3, 0.4) is 0 Å². The second-order valence-corrected chi connectivity index (χ2v) is 6.27. The topological polar surface area (TPSA) is 58.6 Å². The first-order valence-electron chi connectivity index (χ1n) is 7.21. The highest BCUT2D eigenvalue weighted by Crippen LogP contribution is 2.23. The molecule has 3 rings (SSSR count). The summed E-state index contributed by atoms with van der Waals surface area (Å²) < 4.78 is 6.27. The average Bonchev–Trinajstić information content (AvgIpc) is 2.82. The Labute approximate surface area is 152 Å². The number of benzene rings is 2. The van der Waals surface area contributed by atoms with Gasteiger partial charge in [-0.3, -0.25) is 14.5 Å². The summed E-state index contributed by atoms with van der Waals surface area (Å²) in [5.41, 5.74) is 1.64. The van der Waals surface area contributed by atoms with Crippen LogP contribution in [0.5, 0.6) is 0 Å². The Balaban J connectivity index is 1.54. The first-order chi connectivity index (χ1) is 11.6. The molecule has 0 unspecified atom stereocenters. The molecular formula is C17H13BrN2O3S. The minimum Gasteiger partial charge on any atom is -0.469 e.